The van der Waals surface area contributed by atoms with Gasteiger partial charge in [-0.2, -0.15) is 8.42 Å². The van der Waals surface area contributed by atoms with Crippen LogP contribution in [0.5, 0.6) is 0 Å². The van der Waals surface area contributed by atoms with Gasteiger partial charge in [0.1, 0.15) is 0 Å². The topological polar surface area (TPSA) is 125 Å². The summed E-state index contributed by atoms with van der Waals surface area (Å²) in [6.45, 7) is 6.95. The molecule has 0 bridgehead atoms. The van der Waals surface area contributed by atoms with Crippen LogP contribution in [-0.4, -0.2) is 30.1 Å². The highest BCUT2D eigenvalue weighted by Crippen LogP contribution is 2.68. The van der Waals surface area contributed by atoms with Crippen LogP contribution < -0.4 is 0 Å². The molecule has 0 spiro atoms. The van der Waals surface area contributed by atoms with Gasteiger partial charge in [0.15, 0.2) is 0 Å². The second kappa shape index (κ2) is 10.4. The minimum absolute atomic E-state index is 0.0616. The largest absolute Gasteiger partial charge is 0.397 e. The number of hydrogen-bond acceptors (Lipinski definition) is 5. The molecule has 194 valence electrons. The van der Waals surface area contributed by atoms with Crippen molar-refractivity contribution in [3.63, 3.8) is 0 Å². The molecule has 0 aliphatic heterocycles. The van der Waals surface area contributed by atoms with Gasteiger partial charge in [0, 0.05) is 23.3 Å². The molecule has 4 fully saturated rings. The molecule has 9 heteroatoms. The molecule has 9 atom stereocenters. The molecule has 1 aromatic rings. The summed E-state index contributed by atoms with van der Waals surface area (Å²) in [5.41, 5.74) is 9.42. The predicted molar refractivity (Wildman–Crippen MR) is 134 cm³/mol. The standard InChI is InChI=1S/C21H35N3O4S.C5H5N/c1-13(23-24-22)17-6-7-18-16-5-4-14-12-15(28-29(25,26)27)8-10-20(14,2)19(16)9-11-21(17,18)3;1-2-4-6-5-3-1/h13-19H,4-12H2,1-3H3,(H,25,26,27);1-5H/t13-,14+,15+,16-,17+,18-,19-,20-,21+;/m0./s1. The molecule has 0 unspecified atom stereocenters. The van der Waals surface area contributed by atoms with E-state index in [4.69, 9.17) is 14.3 Å². The number of aromatic nitrogens is 1. The van der Waals surface area contributed by atoms with Crippen molar-refractivity contribution in [2.45, 2.75) is 90.7 Å². The normalized spacial score (nSPS) is 41.1. The van der Waals surface area contributed by atoms with E-state index in [1.807, 2.05) is 18.2 Å². The highest BCUT2D eigenvalue weighted by molar-refractivity contribution is 7.80. The molecule has 5 rings (SSSR count). The fourth-order valence-electron chi connectivity index (χ4n) is 8.79. The summed E-state index contributed by atoms with van der Waals surface area (Å²) in [7, 11) is -4.38. The molecule has 35 heavy (non-hydrogen) atoms. The molecule has 4 saturated carbocycles. The van der Waals surface area contributed by atoms with E-state index in [1.54, 1.807) is 12.4 Å². The average Bonchev–Trinajstić information content (AvgIpc) is 3.17. The molecular weight excluding hydrogens is 464 g/mol. The van der Waals surface area contributed by atoms with E-state index in [1.165, 1.54) is 25.7 Å². The van der Waals surface area contributed by atoms with E-state index in [9.17, 15) is 8.42 Å². The van der Waals surface area contributed by atoms with Crippen LogP contribution in [0.2, 0.25) is 0 Å². The SMILES string of the molecule is C[C@H](N=[N+]=[N-])[C@H]1CC[C@H]2[C@@H]3CC[C@@H]4C[C@H](OS(=O)(=O)O)CC[C@]4(C)[C@H]3CC[C@]12C.c1ccncc1. The molecule has 0 amide bonds. The number of nitrogens with zero attached hydrogens (tertiary/aromatic N) is 4. The predicted octanol–water partition coefficient (Wildman–Crippen LogP) is 6.61. The Hall–Kier alpha value is -1.67. The Morgan fingerprint density at radius 1 is 1.03 bits per heavy atom. The van der Waals surface area contributed by atoms with Crippen molar-refractivity contribution in [1.82, 2.24) is 4.98 Å². The molecule has 0 aromatic carbocycles. The minimum Gasteiger partial charge on any atom is -0.265 e. The Morgan fingerprint density at radius 3 is 2.31 bits per heavy atom. The van der Waals surface area contributed by atoms with Gasteiger partial charge in [-0.25, -0.2) is 4.18 Å². The maximum Gasteiger partial charge on any atom is 0.397 e. The van der Waals surface area contributed by atoms with E-state index >= 15 is 0 Å². The van der Waals surface area contributed by atoms with Crippen molar-refractivity contribution in [3.05, 3.63) is 41.0 Å². The average molecular weight is 505 g/mol. The molecule has 0 radical (unpaired) electrons. The zero-order chi connectivity index (χ0) is 25.3. The van der Waals surface area contributed by atoms with Gasteiger partial charge in [-0.05, 0) is 116 Å². The van der Waals surface area contributed by atoms with Gasteiger partial charge in [-0.3, -0.25) is 9.54 Å². The number of rotatable bonds is 4. The fraction of sp³-hybridized carbons (Fsp3) is 0.808. The van der Waals surface area contributed by atoms with Crippen LogP contribution in [0.3, 0.4) is 0 Å². The third-order valence-corrected chi connectivity index (χ3v) is 10.8. The lowest BCUT2D eigenvalue weighted by molar-refractivity contribution is -0.125. The smallest absolute Gasteiger partial charge is 0.265 e. The highest BCUT2D eigenvalue weighted by atomic mass is 32.3. The van der Waals surface area contributed by atoms with E-state index in [-0.39, 0.29) is 23.0 Å². The maximum atomic E-state index is 11.2. The van der Waals surface area contributed by atoms with Crippen molar-refractivity contribution >= 4 is 10.4 Å². The first kappa shape index (κ1) is 26.4. The molecule has 0 saturated heterocycles. The lowest BCUT2D eigenvalue weighted by Gasteiger charge is -2.61. The van der Waals surface area contributed by atoms with Gasteiger partial charge < -0.3 is 0 Å². The van der Waals surface area contributed by atoms with Crippen LogP contribution in [-0.2, 0) is 14.6 Å². The van der Waals surface area contributed by atoms with Crippen molar-refractivity contribution in [3.8, 4) is 0 Å². The fourth-order valence-corrected chi connectivity index (χ4v) is 9.30. The summed E-state index contributed by atoms with van der Waals surface area (Å²) >= 11 is 0. The van der Waals surface area contributed by atoms with Gasteiger partial charge in [-0.1, -0.05) is 32.0 Å². The Bertz CT molecular complexity index is 991. The van der Waals surface area contributed by atoms with Crippen molar-refractivity contribution < 1.29 is 17.2 Å². The highest BCUT2D eigenvalue weighted by Gasteiger charge is 2.60. The van der Waals surface area contributed by atoms with Crippen molar-refractivity contribution in [1.29, 1.82) is 0 Å². The van der Waals surface area contributed by atoms with Gasteiger partial charge >= 0.3 is 10.4 Å². The summed E-state index contributed by atoms with van der Waals surface area (Å²) in [5.74, 6) is 3.05. The molecule has 1 aromatic heterocycles. The number of azide groups is 1. The molecule has 4 aliphatic carbocycles. The molecule has 1 N–H and O–H groups in total. The summed E-state index contributed by atoms with van der Waals surface area (Å²) in [4.78, 5) is 6.87. The minimum atomic E-state index is -4.38. The van der Waals surface area contributed by atoms with Gasteiger partial charge in [0.05, 0.1) is 6.10 Å². The Balaban J connectivity index is 0.000000421. The second-order valence-corrected chi connectivity index (χ2v) is 12.8. The Morgan fingerprint density at radius 2 is 1.71 bits per heavy atom. The van der Waals surface area contributed by atoms with Crippen LogP contribution in [0.1, 0.15) is 78.6 Å². The first-order chi connectivity index (χ1) is 16.6. The van der Waals surface area contributed by atoms with E-state index in [0.29, 0.717) is 30.1 Å². The van der Waals surface area contributed by atoms with Gasteiger partial charge in [0.2, 0.25) is 0 Å². The quantitative estimate of drug-likeness (QED) is 0.214. The lowest BCUT2D eigenvalue weighted by atomic mass is 9.44. The zero-order valence-corrected chi connectivity index (χ0v) is 22.0. The molecular formula is C26H40N4O4S. The third kappa shape index (κ3) is 5.38. The summed E-state index contributed by atoms with van der Waals surface area (Å²) < 4.78 is 36.3. The van der Waals surface area contributed by atoms with Gasteiger partial charge in [-0.15, -0.1) is 0 Å². The number of pyridine rings is 1. The zero-order valence-electron chi connectivity index (χ0n) is 21.2. The van der Waals surface area contributed by atoms with E-state index < -0.39 is 10.4 Å². The first-order valence-electron chi connectivity index (χ1n) is 13.1. The maximum absolute atomic E-state index is 11.2. The monoisotopic (exact) mass is 504 g/mol. The van der Waals surface area contributed by atoms with Crippen LogP contribution in [0.15, 0.2) is 35.7 Å². The van der Waals surface area contributed by atoms with Crippen molar-refractivity contribution in [2.75, 3.05) is 0 Å². The van der Waals surface area contributed by atoms with E-state index in [2.05, 4.69) is 35.8 Å². The number of hydrogen-bond donors (Lipinski definition) is 1. The van der Waals surface area contributed by atoms with Crippen LogP contribution in [0, 0.1) is 40.4 Å². The van der Waals surface area contributed by atoms with Crippen LogP contribution in [0.25, 0.3) is 10.4 Å². The Kier molecular flexibility index (Phi) is 7.82. The Labute approximate surface area is 209 Å². The van der Waals surface area contributed by atoms with Crippen LogP contribution in [0.4, 0.5) is 0 Å². The summed E-state index contributed by atoms with van der Waals surface area (Å²) in [6, 6.07) is 5.78. The van der Waals surface area contributed by atoms with Crippen molar-refractivity contribution in [2.24, 2.45) is 45.5 Å². The van der Waals surface area contributed by atoms with Crippen LogP contribution >= 0.6 is 0 Å². The van der Waals surface area contributed by atoms with Gasteiger partial charge in [0.25, 0.3) is 0 Å². The molecule has 1 heterocycles. The third-order valence-electron chi connectivity index (χ3n) is 10.3. The molecule has 8 nitrogen and oxygen atoms in total. The summed E-state index contributed by atoms with van der Waals surface area (Å²) in [6.07, 6.45) is 12.7. The second-order valence-electron chi connectivity index (χ2n) is 11.8. The number of fused-ring (bicyclic) bond motifs is 5. The van der Waals surface area contributed by atoms with E-state index in [0.717, 1.165) is 31.6 Å². The lowest BCUT2D eigenvalue weighted by Crippen LogP contribution is -2.54. The molecule has 4 aliphatic rings. The summed E-state index contributed by atoms with van der Waals surface area (Å²) in [5, 5.41) is 4.06. The first-order valence-corrected chi connectivity index (χ1v) is 14.5.